The first-order valence-corrected chi connectivity index (χ1v) is 6.67. The van der Waals surface area contributed by atoms with Crippen LogP contribution in [0, 0.1) is 5.82 Å². The Hall–Kier alpha value is -2.96. The van der Waals surface area contributed by atoms with Gasteiger partial charge in [0.05, 0.1) is 6.33 Å². The maximum Gasteiger partial charge on any atom is 0.273 e. The van der Waals surface area contributed by atoms with Crippen molar-refractivity contribution in [3.63, 3.8) is 0 Å². The van der Waals surface area contributed by atoms with Crippen molar-refractivity contribution in [3.8, 4) is 11.3 Å². The van der Waals surface area contributed by atoms with Crippen molar-refractivity contribution in [2.45, 2.75) is 6.54 Å². The molecule has 0 aliphatic heterocycles. The number of amides is 1. The smallest absolute Gasteiger partial charge is 0.273 e. The highest BCUT2D eigenvalue weighted by atomic mass is 19.1. The highest BCUT2D eigenvalue weighted by Crippen LogP contribution is 2.23. The molecule has 0 aliphatic carbocycles. The van der Waals surface area contributed by atoms with Gasteiger partial charge >= 0.3 is 0 Å². The van der Waals surface area contributed by atoms with E-state index < -0.39 is 0 Å². The summed E-state index contributed by atoms with van der Waals surface area (Å²) >= 11 is 0. The van der Waals surface area contributed by atoms with E-state index in [1.807, 2.05) is 10.8 Å². The number of hydrogen-bond acceptors (Lipinski definition) is 4. The maximum absolute atomic E-state index is 13.0. The molecule has 0 radical (unpaired) electrons. The molecule has 0 bridgehead atoms. The van der Waals surface area contributed by atoms with Crippen molar-refractivity contribution >= 4 is 5.91 Å². The van der Waals surface area contributed by atoms with Crippen LogP contribution < -0.4 is 5.32 Å². The molecule has 0 unspecified atom stereocenters. The molecule has 3 aromatic rings. The lowest BCUT2D eigenvalue weighted by Crippen LogP contribution is -2.27. The Morgan fingerprint density at radius 3 is 2.86 bits per heavy atom. The molecule has 6 nitrogen and oxygen atoms in total. The largest absolute Gasteiger partial charge is 0.443 e. The van der Waals surface area contributed by atoms with E-state index in [-0.39, 0.29) is 17.4 Å². The van der Waals surface area contributed by atoms with Gasteiger partial charge in [-0.15, -0.1) is 0 Å². The first-order chi connectivity index (χ1) is 10.7. The Kier molecular flexibility index (Phi) is 3.95. The fourth-order valence-corrected chi connectivity index (χ4v) is 2.02. The molecule has 2 heterocycles. The summed E-state index contributed by atoms with van der Waals surface area (Å²) in [5, 5.41) is 2.76. The van der Waals surface area contributed by atoms with Crippen molar-refractivity contribution in [1.29, 1.82) is 0 Å². The Labute approximate surface area is 125 Å². The first-order valence-electron chi connectivity index (χ1n) is 6.67. The fraction of sp³-hybridized carbons (Fsp3) is 0.133. The Bertz CT molecular complexity index is 750. The highest BCUT2D eigenvalue weighted by molar-refractivity contribution is 5.97. The number of nitrogens with zero attached hydrogens (tertiary/aromatic N) is 3. The first kappa shape index (κ1) is 14.0. The number of carbonyl (C=O) groups excluding carboxylic acids is 1. The van der Waals surface area contributed by atoms with Crippen LogP contribution in [0.1, 0.15) is 10.5 Å². The van der Waals surface area contributed by atoms with Gasteiger partial charge in [0.15, 0.2) is 17.8 Å². The Morgan fingerprint density at radius 1 is 1.32 bits per heavy atom. The summed E-state index contributed by atoms with van der Waals surface area (Å²) in [7, 11) is 0. The minimum absolute atomic E-state index is 0.178. The van der Waals surface area contributed by atoms with Gasteiger partial charge in [0, 0.05) is 31.0 Å². The normalized spacial score (nSPS) is 10.6. The number of aromatic nitrogens is 3. The van der Waals surface area contributed by atoms with Crippen LogP contribution in [0.25, 0.3) is 11.3 Å². The molecule has 1 amide bonds. The monoisotopic (exact) mass is 300 g/mol. The molecule has 0 aliphatic rings. The summed E-state index contributed by atoms with van der Waals surface area (Å²) in [6, 6.07) is 5.69. The van der Waals surface area contributed by atoms with E-state index in [9.17, 15) is 9.18 Å². The third-order valence-electron chi connectivity index (χ3n) is 3.10. The van der Waals surface area contributed by atoms with Crippen molar-refractivity contribution in [1.82, 2.24) is 19.9 Å². The Morgan fingerprint density at radius 2 is 2.14 bits per heavy atom. The van der Waals surface area contributed by atoms with Gasteiger partial charge in [0.25, 0.3) is 5.91 Å². The average Bonchev–Trinajstić information content (AvgIpc) is 3.19. The van der Waals surface area contributed by atoms with E-state index in [2.05, 4.69) is 15.3 Å². The molecule has 2 aromatic heterocycles. The van der Waals surface area contributed by atoms with Gasteiger partial charge in [0.1, 0.15) is 5.82 Å². The number of hydrogen-bond donors (Lipinski definition) is 1. The van der Waals surface area contributed by atoms with E-state index in [1.165, 1.54) is 30.7 Å². The van der Waals surface area contributed by atoms with Gasteiger partial charge in [0.2, 0.25) is 0 Å². The predicted molar refractivity (Wildman–Crippen MR) is 76.5 cm³/mol. The van der Waals surface area contributed by atoms with E-state index >= 15 is 0 Å². The number of nitrogens with one attached hydrogen (secondary N) is 1. The Balaban J connectivity index is 1.68. The molecule has 1 N–H and O–H groups in total. The van der Waals surface area contributed by atoms with Crippen molar-refractivity contribution in [2.75, 3.05) is 6.54 Å². The molecule has 0 saturated heterocycles. The van der Waals surface area contributed by atoms with Gasteiger partial charge in [-0.05, 0) is 24.3 Å². The molecule has 22 heavy (non-hydrogen) atoms. The second-order valence-corrected chi connectivity index (χ2v) is 4.59. The standard InChI is InChI=1S/C15H13FN4O2/c16-12-3-1-11(2-4-12)14-13(19-10-22-14)15(21)18-6-8-20-7-5-17-9-20/h1-5,7,9-10H,6,8H2,(H,18,21). The summed E-state index contributed by atoms with van der Waals surface area (Å²) in [6.07, 6.45) is 6.36. The van der Waals surface area contributed by atoms with Crippen LogP contribution in [0.15, 0.2) is 53.8 Å². The van der Waals surface area contributed by atoms with Crippen LogP contribution in [-0.4, -0.2) is 27.0 Å². The zero-order chi connectivity index (χ0) is 15.4. The van der Waals surface area contributed by atoms with Gasteiger partial charge < -0.3 is 14.3 Å². The lowest BCUT2D eigenvalue weighted by Gasteiger charge is -2.05. The summed E-state index contributed by atoms with van der Waals surface area (Å²) in [4.78, 5) is 20.0. The second kappa shape index (κ2) is 6.21. The lowest BCUT2D eigenvalue weighted by molar-refractivity contribution is 0.0948. The van der Waals surface area contributed by atoms with Gasteiger partial charge in [-0.1, -0.05) is 0 Å². The summed E-state index contributed by atoms with van der Waals surface area (Å²) in [5.41, 5.74) is 0.774. The van der Waals surface area contributed by atoms with E-state index in [0.717, 1.165) is 0 Å². The highest BCUT2D eigenvalue weighted by Gasteiger charge is 2.17. The minimum Gasteiger partial charge on any atom is -0.443 e. The molecule has 1 aromatic carbocycles. The molecule has 0 saturated carbocycles. The molecule has 7 heteroatoms. The van der Waals surface area contributed by atoms with Crippen LogP contribution >= 0.6 is 0 Å². The van der Waals surface area contributed by atoms with Crippen LogP contribution in [-0.2, 0) is 6.54 Å². The molecular formula is C15H13FN4O2. The SMILES string of the molecule is O=C(NCCn1ccnc1)c1ncoc1-c1ccc(F)cc1. The van der Waals surface area contributed by atoms with Gasteiger partial charge in [-0.3, -0.25) is 4.79 Å². The van der Waals surface area contributed by atoms with Crippen LogP contribution in [0.3, 0.4) is 0 Å². The summed E-state index contributed by atoms with van der Waals surface area (Å²) in [5.74, 6) is -0.372. The van der Waals surface area contributed by atoms with Crippen molar-refractivity contribution in [3.05, 3.63) is 60.9 Å². The predicted octanol–water partition coefficient (Wildman–Crippen LogP) is 2.11. The zero-order valence-corrected chi connectivity index (χ0v) is 11.6. The van der Waals surface area contributed by atoms with Gasteiger partial charge in [-0.2, -0.15) is 0 Å². The van der Waals surface area contributed by atoms with E-state index in [1.54, 1.807) is 12.5 Å². The molecule has 0 fully saturated rings. The second-order valence-electron chi connectivity index (χ2n) is 4.59. The van der Waals surface area contributed by atoms with Gasteiger partial charge in [-0.25, -0.2) is 14.4 Å². The van der Waals surface area contributed by atoms with E-state index in [4.69, 9.17) is 4.42 Å². The van der Waals surface area contributed by atoms with Crippen molar-refractivity contribution in [2.24, 2.45) is 0 Å². The van der Waals surface area contributed by atoms with Crippen LogP contribution in [0.4, 0.5) is 4.39 Å². The lowest BCUT2D eigenvalue weighted by atomic mass is 10.1. The van der Waals surface area contributed by atoms with Crippen LogP contribution in [0.5, 0.6) is 0 Å². The summed E-state index contributed by atoms with van der Waals surface area (Å²) in [6.45, 7) is 1.04. The molecule has 0 spiro atoms. The molecule has 112 valence electrons. The summed E-state index contributed by atoms with van der Waals surface area (Å²) < 4.78 is 20.1. The number of benzene rings is 1. The number of rotatable bonds is 5. The average molecular weight is 300 g/mol. The topological polar surface area (TPSA) is 73.0 Å². The molecule has 0 atom stereocenters. The number of imidazole rings is 1. The fourth-order valence-electron chi connectivity index (χ4n) is 2.02. The number of oxazole rings is 1. The van der Waals surface area contributed by atoms with Crippen molar-refractivity contribution < 1.29 is 13.6 Å². The third-order valence-corrected chi connectivity index (χ3v) is 3.10. The number of halogens is 1. The molecule has 3 rings (SSSR count). The maximum atomic E-state index is 13.0. The number of carbonyl (C=O) groups is 1. The zero-order valence-electron chi connectivity index (χ0n) is 11.6. The van der Waals surface area contributed by atoms with Crippen LogP contribution in [0.2, 0.25) is 0 Å². The minimum atomic E-state index is -0.352. The van der Waals surface area contributed by atoms with E-state index in [0.29, 0.717) is 24.4 Å². The third kappa shape index (κ3) is 3.03. The quantitative estimate of drug-likeness (QED) is 0.783. The molecular weight excluding hydrogens is 287 g/mol.